The molecule has 1 atom stereocenters. The molecule has 0 radical (unpaired) electrons. The van der Waals surface area contributed by atoms with Gasteiger partial charge < -0.3 is 15.4 Å². The van der Waals surface area contributed by atoms with E-state index in [0.29, 0.717) is 36.5 Å². The van der Waals surface area contributed by atoms with Gasteiger partial charge in [-0.25, -0.2) is 8.42 Å². The first-order chi connectivity index (χ1) is 18.3. The molecular formula is C29H33N3O5S. The lowest BCUT2D eigenvalue weighted by Gasteiger charge is -2.26. The molecular weight excluding hydrogens is 502 g/mol. The predicted octanol–water partition coefficient (Wildman–Crippen LogP) is 4.30. The summed E-state index contributed by atoms with van der Waals surface area (Å²) in [5.74, 6) is -0.900. The molecule has 4 rings (SSSR count). The molecule has 0 saturated carbocycles. The molecule has 0 aromatic heterocycles. The Labute approximate surface area is 224 Å². The number of anilines is 2. The van der Waals surface area contributed by atoms with Gasteiger partial charge >= 0.3 is 0 Å². The van der Waals surface area contributed by atoms with Crippen LogP contribution in [0, 0.1) is 6.92 Å². The minimum Gasteiger partial charge on any atom is -0.376 e. The summed E-state index contributed by atoms with van der Waals surface area (Å²) >= 11 is 0. The molecule has 200 valence electrons. The van der Waals surface area contributed by atoms with Crippen LogP contribution in [0.2, 0.25) is 0 Å². The quantitative estimate of drug-likeness (QED) is 0.403. The molecule has 8 nitrogen and oxygen atoms in total. The van der Waals surface area contributed by atoms with Gasteiger partial charge in [0.2, 0.25) is 5.91 Å². The smallest absolute Gasteiger partial charge is 0.264 e. The number of rotatable bonds is 10. The third kappa shape index (κ3) is 6.41. The van der Waals surface area contributed by atoms with Crippen molar-refractivity contribution in [2.45, 2.75) is 44.1 Å². The van der Waals surface area contributed by atoms with Crippen LogP contribution in [0.4, 0.5) is 11.4 Å². The van der Waals surface area contributed by atoms with Gasteiger partial charge in [-0.3, -0.25) is 13.9 Å². The first-order valence-corrected chi connectivity index (χ1v) is 14.2. The van der Waals surface area contributed by atoms with E-state index in [0.717, 1.165) is 28.3 Å². The van der Waals surface area contributed by atoms with Gasteiger partial charge in [-0.2, -0.15) is 0 Å². The highest BCUT2D eigenvalue weighted by Crippen LogP contribution is 2.28. The second-order valence-electron chi connectivity index (χ2n) is 9.25. The van der Waals surface area contributed by atoms with Gasteiger partial charge in [0.25, 0.3) is 15.9 Å². The molecule has 0 bridgehead atoms. The summed E-state index contributed by atoms with van der Waals surface area (Å²) < 4.78 is 34.2. The van der Waals surface area contributed by atoms with Crippen LogP contribution in [0.3, 0.4) is 0 Å². The van der Waals surface area contributed by atoms with Crippen LogP contribution < -0.4 is 14.9 Å². The summed E-state index contributed by atoms with van der Waals surface area (Å²) in [7, 11) is -4.06. The second-order valence-corrected chi connectivity index (χ2v) is 11.1. The Hall–Kier alpha value is -3.69. The van der Waals surface area contributed by atoms with Crippen molar-refractivity contribution < 1.29 is 22.7 Å². The fourth-order valence-corrected chi connectivity index (χ4v) is 5.87. The van der Waals surface area contributed by atoms with Crippen molar-refractivity contribution in [2.75, 3.05) is 29.3 Å². The highest BCUT2D eigenvalue weighted by Gasteiger charge is 2.29. The van der Waals surface area contributed by atoms with Crippen molar-refractivity contribution in [3.8, 4) is 0 Å². The standard InChI is InChI=1S/C29H33N3O5S/c1-3-22-9-4-7-13-27(22)32(38(35,36)24-16-14-21(2)15-17-24)20-28(33)31-26-12-6-5-11-25(26)29(34)30-19-23-10-8-18-37-23/h4-7,9,11-17,23H,3,8,10,18-20H2,1-2H3,(H,30,34)(H,31,33)/t23-/m0/s1. The van der Waals surface area contributed by atoms with E-state index in [1.54, 1.807) is 48.5 Å². The molecule has 3 aromatic carbocycles. The molecule has 1 fully saturated rings. The molecule has 0 aliphatic carbocycles. The molecule has 9 heteroatoms. The first-order valence-electron chi connectivity index (χ1n) is 12.8. The van der Waals surface area contributed by atoms with E-state index in [1.807, 2.05) is 26.0 Å². The van der Waals surface area contributed by atoms with Crippen LogP contribution in [-0.2, 0) is 26.0 Å². The average molecular weight is 536 g/mol. The van der Waals surface area contributed by atoms with E-state index < -0.39 is 22.5 Å². The number of hydrogen-bond acceptors (Lipinski definition) is 5. The Morgan fingerprint density at radius 1 is 1.00 bits per heavy atom. The molecule has 0 unspecified atom stereocenters. The SMILES string of the molecule is CCc1ccccc1N(CC(=O)Nc1ccccc1C(=O)NC[C@@H]1CCCO1)S(=O)(=O)c1ccc(C)cc1. The van der Waals surface area contributed by atoms with Crippen LogP contribution in [0.15, 0.2) is 77.7 Å². The lowest BCUT2D eigenvalue weighted by Crippen LogP contribution is -2.39. The van der Waals surface area contributed by atoms with E-state index in [1.165, 1.54) is 12.1 Å². The fraction of sp³-hybridized carbons (Fsp3) is 0.310. The molecule has 2 amide bonds. The molecule has 2 N–H and O–H groups in total. The molecule has 1 aliphatic heterocycles. The second kappa shape index (κ2) is 12.2. The Balaban J connectivity index is 1.58. The van der Waals surface area contributed by atoms with Crippen molar-refractivity contribution in [3.05, 3.63) is 89.5 Å². The molecule has 1 saturated heterocycles. The van der Waals surface area contributed by atoms with Crippen molar-refractivity contribution in [2.24, 2.45) is 0 Å². The number of sulfonamides is 1. The maximum absolute atomic E-state index is 13.8. The maximum Gasteiger partial charge on any atom is 0.264 e. The summed E-state index contributed by atoms with van der Waals surface area (Å²) in [4.78, 5) is 26.3. The third-order valence-electron chi connectivity index (χ3n) is 6.50. The van der Waals surface area contributed by atoms with Crippen molar-refractivity contribution in [1.82, 2.24) is 5.32 Å². The number of para-hydroxylation sites is 2. The van der Waals surface area contributed by atoms with Crippen molar-refractivity contribution >= 4 is 33.2 Å². The highest BCUT2D eigenvalue weighted by molar-refractivity contribution is 7.92. The van der Waals surface area contributed by atoms with Gasteiger partial charge in [0.15, 0.2) is 0 Å². The van der Waals surface area contributed by atoms with Crippen LogP contribution >= 0.6 is 0 Å². The number of nitrogens with zero attached hydrogens (tertiary/aromatic N) is 1. The van der Waals surface area contributed by atoms with Crippen LogP contribution in [0.1, 0.15) is 41.3 Å². The van der Waals surface area contributed by atoms with Crippen LogP contribution in [0.25, 0.3) is 0 Å². The molecule has 1 heterocycles. The van der Waals surface area contributed by atoms with Gasteiger partial charge in [0.1, 0.15) is 6.54 Å². The zero-order valence-corrected chi connectivity index (χ0v) is 22.5. The Bertz CT molecular complexity index is 1380. The van der Waals surface area contributed by atoms with Crippen molar-refractivity contribution in [3.63, 3.8) is 0 Å². The topological polar surface area (TPSA) is 105 Å². The number of hydrogen-bond donors (Lipinski definition) is 2. The predicted molar refractivity (Wildman–Crippen MR) is 148 cm³/mol. The van der Waals surface area contributed by atoms with Crippen LogP contribution in [-0.4, -0.2) is 46.0 Å². The Morgan fingerprint density at radius 3 is 2.42 bits per heavy atom. The van der Waals surface area contributed by atoms with Gasteiger partial charge in [0, 0.05) is 13.2 Å². The minimum absolute atomic E-state index is 0.0140. The Morgan fingerprint density at radius 2 is 1.71 bits per heavy atom. The number of carbonyl (C=O) groups excluding carboxylic acids is 2. The lowest BCUT2D eigenvalue weighted by molar-refractivity contribution is -0.114. The first kappa shape index (κ1) is 27.3. The number of aryl methyl sites for hydroxylation is 2. The summed E-state index contributed by atoms with van der Waals surface area (Å²) in [5.41, 5.74) is 2.76. The monoisotopic (exact) mass is 535 g/mol. The van der Waals surface area contributed by atoms with Crippen LogP contribution in [0.5, 0.6) is 0 Å². The van der Waals surface area contributed by atoms with Gasteiger partial charge in [-0.05, 0) is 62.1 Å². The van der Waals surface area contributed by atoms with Gasteiger partial charge in [-0.1, -0.05) is 55.0 Å². The molecule has 1 aliphatic rings. The number of amides is 2. The summed E-state index contributed by atoms with van der Waals surface area (Å²) in [5, 5.41) is 5.62. The number of ether oxygens (including phenoxy) is 1. The number of benzene rings is 3. The molecule has 3 aromatic rings. The largest absolute Gasteiger partial charge is 0.376 e. The zero-order chi connectivity index (χ0) is 27.1. The molecule has 0 spiro atoms. The molecule has 38 heavy (non-hydrogen) atoms. The number of nitrogens with one attached hydrogen (secondary N) is 2. The van der Waals surface area contributed by atoms with Gasteiger partial charge in [0.05, 0.1) is 27.9 Å². The average Bonchev–Trinajstić information content (AvgIpc) is 3.45. The summed E-state index contributed by atoms with van der Waals surface area (Å²) in [6, 6.07) is 20.3. The van der Waals surface area contributed by atoms with E-state index in [-0.39, 0.29) is 16.9 Å². The van der Waals surface area contributed by atoms with E-state index in [9.17, 15) is 18.0 Å². The Kier molecular flexibility index (Phi) is 8.81. The van der Waals surface area contributed by atoms with E-state index in [4.69, 9.17) is 4.74 Å². The van der Waals surface area contributed by atoms with E-state index >= 15 is 0 Å². The van der Waals surface area contributed by atoms with Crippen molar-refractivity contribution in [1.29, 1.82) is 0 Å². The highest BCUT2D eigenvalue weighted by atomic mass is 32.2. The minimum atomic E-state index is -4.06. The lowest BCUT2D eigenvalue weighted by atomic mass is 10.1. The number of carbonyl (C=O) groups is 2. The van der Waals surface area contributed by atoms with Gasteiger partial charge in [-0.15, -0.1) is 0 Å². The third-order valence-corrected chi connectivity index (χ3v) is 8.27. The van der Waals surface area contributed by atoms with E-state index in [2.05, 4.69) is 10.6 Å². The summed E-state index contributed by atoms with van der Waals surface area (Å²) in [6.07, 6.45) is 2.44. The normalized spacial score (nSPS) is 15.2. The zero-order valence-electron chi connectivity index (χ0n) is 21.6. The fourth-order valence-electron chi connectivity index (χ4n) is 4.41. The maximum atomic E-state index is 13.8. The summed E-state index contributed by atoms with van der Waals surface area (Å²) in [6.45, 7) is 4.43.